The van der Waals surface area contributed by atoms with Crippen LogP contribution in [0.2, 0.25) is 0 Å². The van der Waals surface area contributed by atoms with E-state index < -0.39 is 6.10 Å². The zero-order valence-corrected chi connectivity index (χ0v) is 12.0. The predicted octanol–water partition coefficient (Wildman–Crippen LogP) is 3.18. The first-order valence-corrected chi connectivity index (χ1v) is 7.22. The van der Waals surface area contributed by atoms with Crippen LogP contribution in [0.25, 0.3) is 0 Å². The van der Waals surface area contributed by atoms with E-state index in [1.165, 1.54) is 5.56 Å². The third-order valence-electron chi connectivity index (χ3n) is 3.87. The Morgan fingerprint density at radius 3 is 2.85 bits per heavy atom. The van der Waals surface area contributed by atoms with Gasteiger partial charge in [-0.15, -0.1) is 0 Å². The maximum atomic E-state index is 10.1. The highest BCUT2D eigenvalue weighted by atomic mass is 16.5. The highest BCUT2D eigenvalue weighted by Gasteiger charge is 2.23. The maximum absolute atomic E-state index is 10.1. The van der Waals surface area contributed by atoms with E-state index in [1.807, 2.05) is 44.4 Å². The largest absolute Gasteiger partial charge is 0.488 e. The molecule has 1 N–H and O–H groups in total. The van der Waals surface area contributed by atoms with E-state index in [-0.39, 0.29) is 12.0 Å². The summed E-state index contributed by atoms with van der Waals surface area (Å²) in [6.45, 7) is 4.87. The molecule has 0 fully saturated rings. The summed E-state index contributed by atoms with van der Waals surface area (Å²) in [7, 11) is 0. The average Bonchev–Trinajstić information content (AvgIpc) is 3.03. The first kappa shape index (κ1) is 13.3. The maximum Gasteiger partial charge on any atom is 0.123 e. The number of fused-ring (bicyclic) bond motifs is 1. The van der Waals surface area contributed by atoms with Crippen molar-refractivity contribution in [1.29, 1.82) is 0 Å². The summed E-state index contributed by atoms with van der Waals surface area (Å²) in [5.41, 5.74) is 2.27. The third kappa shape index (κ3) is 2.59. The zero-order valence-electron chi connectivity index (χ0n) is 12.0. The normalized spacial score (nSPS) is 18.9. The van der Waals surface area contributed by atoms with E-state index in [0.29, 0.717) is 0 Å². The van der Waals surface area contributed by atoms with Crippen molar-refractivity contribution < 1.29 is 9.84 Å². The third-order valence-corrected chi connectivity index (χ3v) is 3.87. The number of nitrogens with zero attached hydrogens (tertiary/aromatic N) is 1. The summed E-state index contributed by atoms with van der Waals surface area (Å²) >= 11 is 0. The van der Waals surface area contributed by atoms with Gasteiger partial charge in [0.25, 0.3) is 0 Å². The number of rotatable bonds is 4. The number of para-hydroxylation sites is 1. The van der Waals surface area contributed by atoms with Crippen molar-refractivity contribution >= 4 is 0 Å². The van der Waals surface area contributed by atoms with E-state index >= 15 is 0 Å². The summed E-state index contributed by atoms with van der Waals surface area (Å²) < 4.78 is 8.05. The summed E-state index contributed by atoms with van der Waals surface area (Å²) in [4.78, 5) is 0. The van der Waals surface area contributed by atoms with Crippen LogP contribution in [0.1, 0.15) is 31.1 Å². The van der Waals surface area contributed by atoms with Gasteiger partial charge in [-0.05, 0) is 29.2 Å². The number of aliphatic hydroxyl groups excluding tert-OH is 1. The van der Waals surface area contributed by atoms with Crippen LogP contribution in [0.15, 0.2) is 42.7 Å². The van der Waals surface area contributed by atoms with Gasteiger partial charge in [0.1, 0.15) is 11.9 Å². The molecule has 106 valence electrons. The minimum absolute atomic E-state index is 0.184. The Morgan fingerprint density at radius 2 is 2.10 bits per heavy atom. The van der Waals surface area contributed by atoms with E-state index in [0.717, 1.165) is 24.3 Å². The molecule has 2 heterocycles. The molecule has 0 radical (unpaired) electrons. The summed E-state index contributed by atoms with van der Waals surface area (Å²) in [5.74, 6) is 1.24. The minimum atomic E-state index is -0.391. The number of ether oxygens (including phenoxy) is 1. The van der Waals surface area contributed by atoms with Crippen molar-refractivity contribution in [2.75, 3.05) is 0 Å². The molecular weight excluding hydrogens is 250 g/mol. The number of aromatic nitrogens is 1. The molecule has 1 aliphatic heterocycles. The molecule has 0 spiro atoms. The second-order valence-electron chi connectivity index (χ2n) is 5.88. The number of hydrogen-bond donors (Lipinski definition) is 1. The lowest BCUT2D eigenvalue weighted by atomic mass is 10.0. The Bertz CT molecular complexity index is 563. The van der Waals surface area contributed by atoms with Crippen LogP contribution in [-0.4, -0.2) is 15.8 Å². The zero-order chi connectivity index (χ0) is 14.1. The van der Waals surface area contributed by atoms with Crippen LogP contribution < -0.4 is 4.74 Å². The lowest BCUT2D eigenvalue weighted by molar-refractivity contribution is 0.126. The topological polar surface area (TPSA) is 34.4 Å². The van der Waals surface area contributed by atoms with E-state index in [4.69, 9.17) is 4.74 Å². The van der Waals surface area contributed by atoms with Gasteiger partial charge in [0.05, 0.1) is 12.6 Å². The highest BCUT2D eigenvalue weighted by molar-refractivity contribution is 5.37. The Hall–Kier alpha value is -1.74. The molecule has 1 aromatic heterocycles. The van der Waals surface area contributed by atoms with Crippen LogP contribution in [0.4, 0.5) is 0 Å². The molecule has 2 unspecified atom stereocenters. The Kier molecular flexibility index (Phi) is 3.53. The molecule has 1 aromatic carbocycles. The molecule has 0 aliphatic carbocycles. The van der Waals surface area contributed by atoms with Gasteiger partial charge in [-0.25, -0.2) is 0 Å². The second kappa shape index (κ2) is 5.33. The first-order valence-electron chi connectivity index (χ1n) is 7.22. The van der Waals surface area contributed by atoms with Crippen LogP contribution in [0, 0.1) is 5.92 Å². The molecule has 0 saturated carbocycles. The van der Waals surface area contributed by atoms with Gasteiger partial charge >= 0.3 is 0 Å². The van der Waals surface area contributed by atoms with Crippen molar-refractivity contribution in [3.8, 4) is 5.75 Å². The van der Waals surface area contributed by atoms with E-state index in [2.05, 4.69) is 16.7 Å². The summed E-state index contributed by atoms with van der Waals surface area (Å²) in [5, 5.41) is 10.1. The lowest BCUT2D eigenvalue weighted by Crippen LogP contribution is -2.19. The second-order valence-corrected chi connectivity index (χ2v) is 5.88. The molecule has 1 aliphatic rings. The van der Waals surface area contributed by atoms with Crippen LogP contribution in [0.5, 0.6) is 5.75 Å². The van der Waals surface area contributed by atoms with Gasteiger partial charge in [0.15, 0.2) is 0 Å². The predicted molar refractivity (Wildman–Crippen MR) is 78.8 cm³/mol. The highest BCUT2D eigenvalue weighted by Crippen LogP contribution is 2.29. The van der Waals surface area contributed by atoms with Crippen LogP contribution in [-0.2, 0) is 13.0 Å². The minimum Gasteiger partial charge on any atom is -0.488 e. The Morgan fingerprint density at radius 1 is 1.30 bits per heavy atom. The number of benzene rings is 1. The van der Waals surface area contributed by atoms with Gasteiger partial charge in [-0.3, -0.25) is 0 Å². The quantitative estimate of drug-likeness (QED) is 0.926. The Balaban J connectivity index is 1.66. The Labute approximate surface area is 119 Å². The van der Waals surface area contributed by atoms with Crippen molar-refractivity contribution in [2.45, 2.75) is 39.0 Å². The lowest BCUT2D eigenvalue weighted by Gasteiger charge is -2.13. The molecule has 3 heteroatoms. The van der Waals surface area contributed by atoms with E-state index in [1.54, 1.807) is 0 Å². The molecular formula is C17H21NO2. The van der Waals surface area contributed by atoms with Gasteiger partial charge in [0.2, 0.25) is 0 Å². The van der Waals surface area contributed by atoms with Crippen molar-refractivity contribution in [1.82, 2.24) is 4.57 Å². The molecule has 0 bridgehead atoms. The van der Waals surface area contributed by atoms with Crippen LogP contribution in [0.3, 0.4) is 0 Å². The molecule has 2 atom stereocenters. The average molecular weight is 271 g/mol. The summed E-state index contributed by atoms with van der Waals surface area (Å²) in [6, 6.07) is 10.2. The van der Waals surface area contributed by atoms with Gasteiger partial charge in [-0.1, -0.05) is 32.0 Å². The van der Waals surface area contributed by atoms with Crippen LogP contribution >= 0.6 is 0 Å². The molecule has 2 aromatic rings. The number of aliphatic hydroxyl groups is 1. The summed E-state index contributed by atoms with van der Waals surface area (Å²) in [6.07, 6.45) is 4.79. The number of hydrogen-bond acceptors (Lipinski definition) is 2. The molecule has 3 rings (SSSR count). The first-order chi connectivity index (χ1) is 9.63. The van der Waals surface area contributed by atoms with Gasteiger partial charge < -0.3 is 14.4 Å². The standard InChI is InChI=1S/C17H21NO2/c1-12(2)17(19)14-7-8-18(10-14)11-15-9-13-5-3-4-6-16(13)20-15/h3-8,10,12,15,17,19H,9,11H2,1-2H3. The molecule has 0 saturated heterocycles. The van der Waals surface area contributed by atoms with Gasteiger partial charge in [-0.2, -0.15) is 0 Å². The monoisotopic (exact) mass is 271 g/mol. The van der Waals surface area contributed by atoms with Crippen molar-refractivity contribution in [3.63, 3.8) is 0 Å². The fraction of sp³-hybridized carbons (Fsp3) is 0.412. The SMILES string of the molecule is CC(C)C(O)c1ccn(CC2Cc3ccccc3O2)c1. The fourth-order valence-corrected chi connectivity index (χ4v) is 2.72. The smallest absolute Gasteiger partial charge is 0.123 e. The van der Waals surface area contributed by atoms with Crippen molar-refractivity contribution in [3.05, 3.63) is 53.9 Å². The van der Waals surface area contributed by atoms with E-state index in [9.17, 15) is 5.11 Å². The fourth-order valence-electron chi connectivity index (χ4n) is 2.72. The molecule has 20 heavy (non-hydrogen) atoms. The molecule has 3 nitrogen and oxygen atoms in total. The van der Waals surface area contributed by atoms with Gasteiger partial charge in [0, 0.05) is 18.8 Å². The molecule has 0 amide bonds. The van der Waals surface area contributed by atoms with Crippen molar-refractivity contribution in [2.24, 2.45) is 5.92 Å².